The van der Waals surface area contributed by atoms with Crippen LogP contribution in [0.3, 0.4) is 0 Å². The van der Waals surface area contributed by atoms with Gasteiger partial charge in [0.1, 0.15) is 13.2 Å². The van der Waals surface area contributed by atoms with E-state index in [0.717, 1.165) is 5.56 Å². The first-order valence-electron chi connectivity index (χ1n) is 9.27. The number of nitrogens with one attached hydrogen (secondary N) is 1. The molecule has 0 bridgehead atoms. The minimum atomic E-state index is -1.07. The van der Waals surface area contributed by atoms with Crippen molar-refractivity contribution in [3.8, 4) is 11.5 Å². The van der Waals surface area contributed by atoms with E-state index in [-0.39, 0.29) is 30.3 Å². The van der Waals surface area contributed by atoms with Gasteiger partial charge in [-0.05, 0) is 36.8 Å². The number of carbonyl (C=O) groups is 3. The first-order chi connectivity index (χ1) is 13.9. The van der Waals surface area contributed by atoms with Gasteiger partial charge in [0.2, 0.25) is 11.8 Å². The van der Waals surface area contributed by atoms with Crippen LogP contribution in [0.25, 0.3) is 0 Å². The molecule has 0 saturated carbocycles. The molecule has 2 N–H and O–H groups in total. The third-order valence-corrected chi connectivity index (χ3v) is 5.08. The average Bonchev–Trinajstić information content (AvgIpc) is 3.11. The minimum Gasteiger partial charge on any atom is -0.486 e. The second-order valence-corrected chi connectivity index (χ2v) is 7.06. The zero-order valence-electron chi connectivity index (χ0n) is 15.8. The molecule has 1 atom stereocenters. The number of amides is 2. The molecular formula is C21H20N2O6. The highest BCUT2D eigenvalue weighted by molar-refractivity contribution is 6.04. The molecule has 1 saturated heterocycles. The predicted octanol–water partition coefficient (Wildman–Crippen LogP) is 2.46. The number of benzene rings is 2. The highest BCUT2D eigenvalue weighted by Gasteiger charge is 2.35. The van der Waals surface area contributed by atoms with Crippen LogP contribution in [0.1, 0.15) is 22.3 Å². The van der Waals surface area contributed by atoms with Gasteiger partial charge in [0, 0.05) is 30.4 Å². The molecule has 8 heteroatoms. The van der Waals surface area contributed by atoms with Gasteiger partial charge in [-0.3, -0.25) is 9.59 Å². The Morgan fingerprint density at radius 3 is 2.62 bits per heavy atom. The van der Waals surface area contributed by atoms with Crippen LogP contribution in [0.5, 0.6) is 11.5 Å². The summed E-state index contributed by atoms with van der Waals surface area (Å²) in [5, 5.41) is 11.9. The summed E-state index contributed by atoms with van der Waals surface area (Å²) in [5.41, 5.74) is 1.92. The maximum absolute atomic E-state index is 12.7. The molecule has 0 aromatic heterocycles. The lowest BCUT2D eigenvalue weighted by atomic mass is 10.1. The van der Waals surface area contributed by atoms with Crippen LogP contribution in [0.15, 0.2) is 36.4 Å². The average molecular weight is 396 g/mol. The quantitative estimate of drug-likeness (QED) is 0.823. The van der Waals surface area contributed by atoms with E-state index in [1.165, 1.54) is 12.1 Å². The Bertz CT molecular complexity index is 1000. The molecule has 1 fully saturated rings. The Hall–Kier alpha value is -3.55. The maximum Gasteiger partial charge on any atom is 0.335 e. The molecule has 2 aliphatic rings. The fourth-order valence-corrected chi connectivity index (χ4v) is 3.46. The molecule has 2 aromatic carbocycles. The van der Waals surface area contributed by atoms with Gasteiger partial charge in [0.05, 0.1) is 11.5 Å². The minimum absolute atomic E-state index is 0.0813. The normalized spacial score (nSPS) is 17.9. The van der Waals surface area contributed by atoms with Crippen LogP contribution in [0, 0.1) is 12.8 Å². The number of anilines is 2. The summed E-state index contributed by atoms with van der Waals surface area (Å²) >= 11 is 0. The molecule has 0 radical (unpaired) electrons. The van der Waals surface area contributed by atoms with Gasteiger partial charge in [0.15, 0.2) is 11.5 Å². The summed E-state index contributed by atoms with van der Waals surface area (Å²) in [4.78, 5) is 38.0. The Labute approximate surface area is 167 Å². The monoisotopic (exact) mass is 396 g/mol. The smallest absolute Gasteiger partial charge is 0.335 e. The summed E-state index contributed by atoms with van der Waals surface area (Å²) < 4.78 is 11.1. The Balaban J connectivity index is 1.49. The van der Waals surface area contributed by atoms with E-state index in [0.29, 0.717) is 36.1 Å². The maximum atomic E-state index is 12.7. The molecule has 8 nitrogen and oxygen atoms in total. The van der Waals surface area contributed by atoms with Gasteiger partial charge in [0.25, 0.3) is 0 Å². The Morgan fingerprint density at radius 1 is 1.10 bits per heavy atom. The molecule has 0 aliphatic carbocycles. The fourth-order valence-electron chi connectivity index (χ4n) is 3.46. The molecular weight excluding hydrogens is 376 g/mol. The van der Waals surface area contributed by atoms with Gasteiger partial charge in [-0.1, -0.05) is 6.07 Å². The second kappa shape index (κ2) is 7.46. The van der Waals surface area contributed by atoms with Crippen molar-refractivity contribution < 1.29 is 29.0 Å². The third-order valence-electron chi connectivity index (χ3n) is 5.08. The number of aromatic carboxylic acids is 1. The number of fused-ring (bicyclic) bond motifs is 1. The van der Waals surface area contributed by atoms with Crippen LogP contribution in [0.4, 0.5) is 11.4 Å². The van der Waals surface area contributed by atoms with E-state index >= 15 is 0 Å². The van der Waals surface area contributed by atoms with Crippen molar-refractivity contribution in [2.45, 2.75) is 13.3 Å². The molecule has 2 amide bonds. The summed E-state index contributed by atoms with van der Waals surface area (Å²) in [6.07, 6.45) is 0.0813. The van der Waals surface area contributed by atoms with E-state index in [4.69, 9.17) is 14.6 Å². The molecule has 4 rings (SSSR count). The zero-order chi connectivity index (χ0) is 20.5. The number of hydrogen-bond donors (Lipinski definition) is 2. The molecule has 2 heterocycles. The second-order valence-electron chi connectivity index (χ2n) is 7.06. The lowest BCUT2D eigenvalue weighted by Gasteiger charge is -2.22. The summed E-state index contributed by atoms with van der Waals surface area (Å²) in [6, 6.07) is 9.81. The number of rotatable bonds is 4. The first-order valence-corrected chi connectivity index (χ1v) is 9.27. The van der Waals surface area contributed by atoms with Crippen LogP contribution >= 0.6 is 0 Å². The number of carboxylic acid groups (broad SMARTS) is 1. The van der Waals surface area contributed by atoms with E-state index in [9.17, 15) is 14.4 Å². The predicted molar refractivity (Wildman–Crippen MR) is 105 cm³/mol. The van der Waals surface area contributed by atoms with Crippen molar-refractivity contribution in [3.05, 3.63) is 47.5 Å². The van der Waals surface area contributed by atoms with E-state index in [1.807, 2.05) is 0 Å². The number of aryl methyl sites for hydroxylation is 1. The highest BCUT2D eigenvalue weighted by Crippen LogP contribution is 2.36. The number of nitrogens with zero attached hydrogens (tertiary/aromatic N) is 1. The van der Waals surface area contributed by atoms with E-state index < -0.39 is 11.9 Å². The summed E-state index contributed by atoms with van der Waals surface area (Å²) in [5.74, 6) is -0.864. The van der Waals surface area contributed by atoms with Crippen LogP contribution in [-0.2, 0) is 9.59 Å². The number of hydrogen-bond acceptors (Lipinski definition) is 5. The van der Waals surface area contributed by atoms with Gasteiger partial charge >= 0.3 is 5.97 Å². The van der Waals surface area contributed by atoms with Crippen molar-refractivity contribution in [2.24, 2.45) is 5.92 Å². The lowest BCUT2D eigenvalue weighted by molar-refractivity contribution is -0.122. The molecule has 150 valence electrons. The van der Waals surface area contributed by atoms with Gasteiger partial charge < -0.3 is 24.8 Å². The largest absolute Gasteiger partial charge is 0.486 e. The van der Waals surface area contributed by atoms with E-state index in [1.54, 1.807) is 36.1 Å². The number of carbonyl (C=O) groups excluding carboxylic acids is 2. The topological polar surface area (TPSA) is 105 Å². The fraction of sp³-hybridized carbons (Fsp3) is 0.286. The molecule has 1 unspecified atom stereocenters. The standard InChI is InChI=1S/C21H20N2O6/c1-12-2-3-13(21(26)27)8-16(12)22-20(25)14-9-19(24)23(11-14)15-4-5-17-18(10-15)29-7-6-28-17/h2-5,8,10,14H,6-7,9,11H2,1H3,(H,22,25)(H,26,27). The Kier molecular flexibility index (Phi) is 4.84. The lowest BCUT2D eigenvalue weighted by Crippen LogP contribution is -2.28. The first kappa shape index (κ1) is 18.8. The summed E-state index contributed by atoms with van der Waals surface area (Å²) in [6.45, 7) is 2.95. The van der Waals surface area contributed by atoms with Crippen molar-refractivity contribution in [1.29, 1.82) is 0 Å². The zero-order valence-corrected chi connectivity index (χ0v) is 15.8. The van der Waals surface area contributed by atoms with Gasteiger partial charge in [-0.2, -0.15) is 0 Å². The molecule has 0 spiro atoms. The number of carboxylic acids is 1. The Morgan fingerprint density at radius 2 is 1.86 bits per heavy atom. The van der Waals surface area contributed by atoms with Crippen LogP contribution < -0.4 is 19.7 Å². The molecule has 29 heavy (non-hydrogen) atoms. The van der Waals surface area contributed by atoms with Crippen LogP contribution in [0.2, 0.25) is 0 Å². The van der Waals surface area contributed by atoms with Crippen molar-refractivity contribution in [3.63, 3.8) is 0 Å². The van der Waals surface area contributed by atoms with Crippen LogP contribution in [-0.4, -0.2) is 42.6 Å². The highest BCUT2D eigenvalue weighted by atomic mass is 16.6. The SMILES string of the molecule is Cc1ccc(C(=O)O)cc1NC(=O)C1CC(=O)N(c2ccc3c(c2)OCCO3)C1. The van der Waals surface area contributed by atoms with Crippen molar-refractivity contribution in [2.75, 3.05) is 30.0 Å². The molecule has 2 aliphatic heterocycles. The van der Waals surface area contributed by atoms with Gasteiger partial charge in [-0.25, -0.2) is 4.79 Å². The van der Waals surface area contributed by atoms with Crippen molar-refractivity contribution in [1.82, 2.24) is 0 Å². The van der Waals surface area contributed by atoms with E-state index in [2.05, 4.69) is 5.32 Å². The summed E-state index contributed by atoms with van der Waals surface area (Å²) in [7, 11) is 0. The molecule has 2 aromatic rings. The number of ether oxygens (including phenoxy) is 2. The van der Waals surface area contributed by atoms with Crippen molar-refractivity contribution >= 4 is 29.2 Å². The third kappa shape index (κ3) is 3.73. The van der Waals surface area contributed by atoms with Gasteiger partial charge in [-0.15, -0.1) is 0 Å².